The summed E-state index contributed by atoms with van der Waals surface area (Å²) in [6.07, 6.45) is 3.45. The minimum Gasteiger partial charge on any atom is -0.378 e. The molecule has 0 atom stereocenters. The number of anilines is 3. The number of nitrogens with one attached hydrogen (secondary N) is 1. The van der Waals surface area contributed by atoms with Gasteiger partial charge in [0.1, 0.15) is 5.82 Å². The van der Waals surface area contributed by atoms with Crippen LogP contribution in [0.25, 0.3) is 22.5 Å². The fourth-order valence-electron chi connectivity index (χ4n) is 3.91. The van der Waals surface area contributed by atoms with Crippen molar-refractivity contribution in [3.05, 3.63) is 84.4 Å². The smallest absolute Gasteiger partial charge is 0.227 e. The number of aryl methyl sites for hydroxylation is 1. The van der Waals surface area contributed by atoms with E-state index in [9.17, 15) is 4.39 Å². The van der Waals surface area contributed by atoms with Crippen molar-refractivity contribution < 1.29 is 9.13 Å². The van der Waals surface area contributed by atoms with Crippen molar-refractivity contribution in [3.8, 4) is 22.5 Å². The molecule has 1 aliphatic rings. The normalized spacial score (nSPS) is 13.7. The Hall–Kier alpha value is -3.84. The van der Waals surface area contributed by atoms with Crippen LogP contribution in [0.1, 0.15) is 5.56 Å². The number of morpholine rings is 1. The summed E-state index contributed by atoms with van der Waals surface area (Å²) in [6.45, 7) is 5.07. The summed E-state index contributed by atoms with van der Waals surface area (Å²) >= 11 is 0. The fraction of sp³-hybridized carbons (Fsp3) is 0.192. The second kappa shape index (κ2) is 9.34. The van der Waals surface area contributed by atoms with Gasteiger partial charge in [-0.25, -0.2) is 14.4 Å². The highest BCUT2D eigenvalue weighted by Gasteiger charge is 2.13. The fourth-order valence-corrected chi connectivity index (χ4v) is 3.91. The van der Waals surface area contributed by atoms with Crippen molar-refractivity contribution in [3.63, 3.8) is 0 Å². The molecule has 166 valence electrons. The van der Waals surface area contributed by atoms with Gasteiger partial charge in [-0.1, -0.05) is 0 Å². The number of nitrogens with zero attached hydrogens (tertiary/aromatic N) is 4. The molecule has 4 aromatic rings. The van der Waals surface area contributed by atoms with E-state index in [2.05, 4.69) is 32.3 Å². The number of aromatic nitrogens is 3. The summed E-state index contributed by atoms with van der Waals surface area (Å²) < 4.78 is 19.2. The van der Waals surface area contributed by atoms with E-state index in [0.29, 0.717) is 11.5 Å². The molecule has 0 radical (unpaired) electrons. The largest absolute Gasteiger partial charge is 0.378 e. The Bertz CT molecular complexity index is 1260. The van der Waals surface area contributed by atoms with Gasteiger partial charge in [-0.3, -0.25) is 4.98 Å². The van der Waals surface area contributed by atoms with E-state index in [1.165, 1.54) is 11.8 Å². The lowest BCUT2D eigenvalue weighted by molar-refractivity contribution is 0.122. The highest BCUT2D eigenvalue weighted by atomic mass is 19.1. The average Bonchev–Trinajstić information content (AvgIpc) is 2.87. The third-order valence-electron chi connectivity index (χ3n) is 5.67. The van der Waals surface area contributed by atoms with Gasteiger partial charge in [-0.15, -0.1) is 0 Å². The quantitative estimate of drug-likeness (QED) is 0.457. The standard InChI is InChI=1S/C26H24FN5O/c1-18-17-19(4-9-23(18)27)25-22(3-2-11-28-25)24-10-12-29-26(31-24)30-20-5-7-21(8-6-20)32-13-15-33-16-14-32/h2-12,17H,13-16H2,1H3,(H,29,30,31). The zero-order valence-corrected chi connectivity index (χ0v) is 18.3. The van der Waals surface area contributed by atoms with Gasteiger partial charge in [0.2, 0.25) is 5.95 Å². The van der Waals surface area contributed by atoms with Gasteiger partial charge in [0, 0.05) is 48.0 Å². The molecule has 6 nitrogen and oxygen atoms in total. The van der Waals surface area contributed by atoms with Crippen molar-refractivity contribution in [1.29, 1.82) is 0 Å². The Morgan fingerprint density at radius 2 is 1.76 bits per heavy atom. The Morgan fingerprint density at radius 3 is 2.55 bits per heavy atom. The molecule has 0 spiro atoms. The summed E-state index contributed by atoms with van der Waals surface area (Å²) in [5.74, 6) is 0.265. The molecular formula is C26H24FN5O. The Labute approximate surface area is 192 Å². The number of halogens is 1. The number of hydrogen-bond acceptors (Lipinski definition) is 6. The third-order valence-corrected chi connectivity index (χ3v) is 5.67. The lowest BCUT2D eigenvalue weighted by Crippen LogP contribution is -2.36. The van der Waals surface area contributed by atoms with Crippen LogP contribution < -0.4 is 10.2 Å². The molecule has 0 amide bonds. The summed E-state index contributed by atoms with van der Waals surface area (Å²) in [5.41, 5.74) is 5.85. The first kappa shape index (κ1) is 21.0. The maximum atomic E-state index is 13.8. The topological polar surface area (TPSA) is 63.2 Å². The van der Waals surface area contributed by atoms with E-state index in [0.717, 1.165) is 54.5 Å². The van der Waals surface area contributed by atoms with Crippen LogP contribution in [0, 0.1) is 12.7 Å². The number of benzene rings is 2. The van der Waals surface area contributed by atoms with Crippen LogP contribution in [0.15, 0.2) is 73.1 Å². The van der Waals surface area contributed by atoms with Crippen LogP contribution in [0.3, 0.4) is 0 Å². The van der Waals surface area contributed by atoms with Crippen LogP contribution in [-0.2, 0) is 4.74 Å². The zero-order valence-electron chi connectivity index (χ0n) is 18.3. The van der Waals surface area contributed by atoms with E-state index < -0.39 is 0 Å². The van der Waals surface area contributed by atoms with E-state index in [4.69, 9.17) is 9.72 Å². The van der Waals surface area contributed by atoms with Crippen LogP contribution in [0.2, 0.25) is 0 Å². The summed E-state index contributed by atoms with van der Waals surface area (Å²) in [6, 6.07) is 18.9. The van der Waals surface area contributed by atoms with Crippen LogP contribution in [0.5, 0.6) is 0 Å². The molecule has 0 unspecified atom stereocenters. The van der Waals surface area contributed by atoms with E-state index >= 15 is 0 Å². The molecule has 2 aromatic carbocycles. The number of ether oxygens (including phenoxy) is 1. The molecule has 7 heteroatoms. The van der Waals surface area contributed by atoms with Crippen molar-refractivity contribution in [2.45, 2.75) is 6.92 Å². The van der Waals surface area contributed by atoms with Gasteiger partial charge in [-0.2, -0.15) is 0 Å². The molecule has 3 heterocycles. The molecule has 0 bridgehead atoms. The van der Waals surface area contributed by atoms with Gasteiger partial charge in [0.05, 0.1) is 24.6 Å². The molecule has 0 saturated carbocycles. The number of hydrogen-bond donors (Lipinski definition) is 1. The number of rotatable bonds is 5. The van der Waals surface area contributed by atoms with Crippen LogP contribution in [0.4, 0.5) is 21.7 Å². The predicted octanol–water partition coefficient (Wildman–Crippen LogP) is 5.23. The molecule has 1 aliphatic heterocycles. The van der Waals surface area contributed by atoms with Crippen LogP contribution in [-0.4, -0.2) is 41.3 Å². The van der Waals surface area contributed by atoms with Crippen molar-refractivity contribution in [2.24, 2.45) is 0 Å². The first-order chi connectivity index (χ1) is 16.2. The summed E-state index contributed by atoms with van der Waals surface area (Å²) in [7, 11) is 0. The summed E-state index contributed by atoms with van der Waals surface area (Å²) in [4.78, 5) is 16.0. The number of pyridine rings is 1. The minimum absolute atomic E-state index is 0.232. The second-order valence-corrected chi connectivity index (χ2v) is 7.90. The predicted molar refractivity (Wildman–Crippen MR) is 128 cm³/mol. The van der Waals surface area contributed by atoms with Gasteiger partial charge in [0.15, 0.2) is 0 Å². The molecular weight excluding hydrogens is 417 g/mol. The van der Waals surface area contributed by atoms with Gasteiger partial charge >= 0.3 is 0 Å². The second-order valence-electron chi connectivity index (χ2n) is 7.90. The molecule has 2 aromatic heterocycles. The van der Waals surface area contributed by atoms with E-state index in [1.807, 2.05) is 30.3 Å². The van der Waals surface area contributed by atoms with Crippen LogP contribution >= 0.6 is 0 Å². The molecule has 0 aliphatic carbocycles. The lowest BCUT2D eigenvalue weighted by atomic mass is 10.0. The Kier molecular flexibility index (Phi) is 5.95. The maximum absolute atomic E-state index is 13.8. The first-order valence-electron chi connectivity index (χ1n) is 10.9. The van der Waals surface area contributed by atoms with Crippen molar-refractivity contribution in [1.82, 2.24) is 15.0 Å². The van der Waals surface area contributed by atoms with Crippen molar-refractivity contribution in [2.75, 3.05) is 36.5 Å². The summed E-state index contributed by atoms with van der Waals surface area (Å²) in [5, 5.41) is 3.28. The van der Waals surface area contributed by atoms with Gasteiger partial charge < -0.3 is 15.0 Å². The first-order valence-corrected chi connectivity index (χ1v) is 10.9. The lowest BCUT2D eigenvalue weighted by Gasteiger charge is -2.28. The highest BCUT2D eigenvalue weighted by Crippen LogP contribution is 2.30. The highest BCUT2D eigenvalue weighted by molar-refractivity contribution is 5.79. The van der Waals surface area contributed by atoms with Gasteiger partial charge in [-0.05, 0) is 73.2 Å². The average molecular weight is 442 g/mol. The Balaban J connectivity index is 1.39. The molecule has 1 fully saturated rings. The molecule has 5 rings (SSSR count). The zero-order chi connectivity index (χ0) is 22.6. The maximum Gasteiger partial charge on any atom is 0.227 e. The molecule has 1 N–H and O–H groups in total. The van der Waals surface area contributed by atoms with E-state index in [1.54, 1.807) is 31.5 Å². The third kappa shape index (κ3) is 4.68. The molecule has 33 heavy (non-hydrogen) atoms. The SMILES string of the molecule is Cc1cc(-c2ncccc2-c2ccnc(Nc3ccc(N4CCOCC4)cc3)n2)ccc1F. The minimum atomic E-state index is -0.232. The van der Waals surface area contributed by atoms with Crippen molar-refractivity contribution >= 4 is 17.3 Å². The Morgan fingerprint density at radius 1 is 0.939 bits per heavy atom. The van der Waals surface area contributed by atoms with Gasteiger partial charge in [0.25, 0.3) is 0 Å². The monoisotopic (exact) mass is 441 g/mol. The molecule has 1 saturated heterocycles. The van der Waals surface area contributed by atoms with E-state index in [-0.39, 0.29) is 5.82 Å².